The topological polar surface area (TPSA) is 40.7 Å². The van der Waals surface area contributed by atoms with Gasteiger partial charge in [0.25, 0.3) is 0 Å². The molecule has 0 fully saturated rings. The van der Waals surface area contributed by atoms with E-state index in [0.29, 0.717) is 0 Å². The average molecular weight is 153 g/mol. The number of rotatable bonds is 0. The van der Waals surface area contributed by atoms with E-state index in [9.17, 15) is 0 Å². The summed E-state index contributed by atoms with van der Waals surface area (Å²) in [6.45, 7) is 0. The summed E-state index contributed by atoms with van der Waals surface area (Å²) in [5.74, 6) is 0. The molecule has 5 heavy (non-hydrogen) atoms. The molecule has 0 aromatic rings. The molecule has 0 spiro atoms. The molecule has 0 heterocycles. The van der Waals surface area contributed by atoms with Crippen molar-refractivity contribution in [2.75, 3.05) is 0 Å². The van der Waals surface area contributed by atoms with Crippen LogP contribution < -0.4 is 0 Å². The van der Waals surface area contributed by atoms with Crippen LogP contribution in [0.5, 0.6) is 0 Å². The van der Waals surface area contributed by atoms with Gasteiger partial charge in [-0.2, -0.15) is 3.84 Å². The van der Waals surface area contributed by atoms with Crippen LogP contribution >= 0.6 is 23.7 Å². The van der Waals surface area contributed by atoms with Gasteiger partial charge in [0, 0.05) is 21.7 Å². The first-order chi connectivity index (χ1) is 1.41. The van der Waals surface area contributed by atoms with Gasteiger partial charge in [-0.3, -0.25) is 0 Å². The van der Waals surface area contributed by atoms with Crippen LogP contribution in [0, 0.1) is 0 Å². The molecule has 5 heteroatoms. The van der Waals surface area contributed by atoms with Crippen molar-refractivity contribution in [1.82, 2.24) is 0 Å². The minimum atomic E-state index is 0. The first kappa shape index (κ1) is 16.4. The van der Waals surface area contributed by atoms with E-state index >= 15 is 0 Å². The SMILES string of the molecule is ClOCl.O.[Ti]. The van der Waals surface area contributed by atoms with Crippen LogP contribution in [0.4, 0.5) is 0 Å². The Morgan fingerprint density at radius 2 is 1.20 bits per heavy atom. The molecule has 0 rings (SSSR count). The Hall–Kier alpha value is 1.21. The number of hydrogen-bond acceptors (Lipinski definition) is 1. The van der Waals surface area contributed by atoms with E-state index in [0.717, 1.165) is 0 Å². The van der Waals surface area contributed by atoms with Crippen molar-refractivity contribution in [3.05, 3.63) is 0 Å². The standard InChI is InChI=1S/Cl2O.H2O.Ti/c1-3-2;;/h;1H2;. The summed E-state index contributed by atoms with van der Waals surface area (Å²) in [5, 5.41) is 0. The fourth-order valence-corrected chi connectivity index (χ4v) is 0. The summed E-state index contributed by atoms with van der Waals surface area (Å²) >= 11 is 8.53. The van der Waals surface area contributed by atoms with Crippen LogP contribution in [0.1, 0.15) is 0 Å². The van der Waals surface area contributed by atoms with Crippen molar-refractivity contribution in [1.29, 1.82) is 0 Å². The summed E-state index contributed by atoms with van der Waals surface area (Å²) in [4.78, 5) is 0. The second kappa shape index (κ2) is 18.9. The largest absolute Gasteiger partial charge is 0.412 e. The molecule has 0 radical (unpaired) electrons. The molecule has 0 aromatic carbocycles. The molecule has 0 saturated heterocycles. The van der Waals surface area contributed by atoms with E-state index in [1.165, 1.54) is 0 Å². The van der Waals surface area contributed by atoms with Crippen LogP contribution in [0.25, 0.3) is 0 Å². The van der Waals surface area contributed by atoms with Crippen molar-refractivity contribution in [3.8, 4) is 0 Å². The van der Waals surface area contributed by atoms with Gasteiger partial charge in [-0.25, -0.2) is 0 Å². The van der Waals surface area contributed by atoms with E-state index in [2.05, 4.69) is 27.6 Å². The normalized spacial score (nSPS) is 3.60. The Labute approximate surface area is 54.9 Å². The minimum absolute atomic E-state index is 0. The zero-order valence-corrected chi connectivity index (χ0v) is 5.24. The third kappa shape index (κ3) is 36.5. The second-order valence-corrected chi connectivity index (χ2v) is 0.525. The molecule has 2 N–H and O–H groups in total. The van der Waals surface area contributed by atoms with Gasteiger partial charge in [0.1, 0.15) is 0 Å². The molecule has 2 nitrogen and oxygen atoms in total. The van der Waals surface area contributed by atoms with Crippen molar-refractivity contribution < 1.29 is 31.0 Å². The summed E-state index contributed by atoms with van der Waals surface area (Å²) in [5.41, 5.74) is 0. The van der Waals surface area contributed by atoms with Crippen molar-refractivity contribution >= 4 is 23.7 Å². The summed E-state index contributed by atoms with van der Waals surface area (Å²) in [6, 6.07) is 0. The first-order valence-corrected chi connectivity index (χ1v) is 0.926. The molecule has 0 aliphatic heterocycles. The molecule has 0 aromatic heterocycles. The fraction of sp³-hybridized carbons (Fsp3) is 0. The predicted octanol–water partition coefficient (Wildman–Crippen LogP) is 0.483. The second-order valence-electron chi connectivity index (χ2n) is 0.0583. The molecule has 0 aliphatic carbocycles. The average Bonchev–Trinajstić information content (AvgIpc) is 0.918. The van der Waals surface area contributed by atoms with Crippen LogP contribution in [-0.4, -0.2) is 5.48 Å². The van der Waals surface area contributed by atoms with Crippen LogP contribution in [0.3, 0.4) is 0 Å². The van der Waals surface area contributed by atoms with Crippen LogP contribution in [0.15, 0.2) is 0 Å². The number of hydrogen-bond donors (Lipinski definition) is 0. The molecule has 0 amide bonds. The van der Waals surface area contributed by atoms with Gasteiger partial charge in [0.05, 0.1) is 23.7 Å². The third-order valence-electron chi connectivity index (χ3n) is 0. The van der Waals surface area contributed by atoms with Gasteiger partial charge in [-0.15, -0.1) is 0 Å². The maximum Gasteiger partial charge on any atom is 0.0832 e. The van der Waals surface area contributed by atoms with Crippen molar-refractivity contribution in [3.63, 3.8) is 0 Å². The Kier molecular flexibility index (Phi) is 61.8. The van der Waals surface area contributed by atoms with E-state index in [-0.39, 0.29) is 27.2 Å². The maximum atomic E-state index is 4.26. The minimum Gasteiger partial charge on any atom is -0.412 e. The Morgan fingerprint density at radius 1 is 1.20 bits per heavy atom. The van der Waals surface area contributed by atoms with Gasteiger partial charge in [0.2, 0.25) is 0 Å². The Bertz CT molecular complexity index is 7.61. The Balaban J connectivity index is -0.0000000200. The zero-order valence-electron chi connectivity index (χ0n) is 2.16. The Morgan fingerprint density at radius 3 is 1.20 bits per heavy atom. The van der Waals surface area contributed by atoms with E-state index in [1.807, 2.05) is 0 Å². The summed E-state index contributed by atoms with van der Waals surface area (Å²) < 4.78 is 3.19. The predicted molar refractivity (Wildman–Crippen MR) is 16.4 cm³/mol. The van der Waals surface area contributed by atoms with Gasteiger partial charge in [0.15, 0.2) is 0 Å². The van der Waals surface area contributed by atoms with E-state index in [1.54, 1.807) is 0 Å². The van der Waals surface area contributed by atoms with Gasteiger partial charge < -0.3 is 5.48 Å². The van der Waals surface area contributed by atoms with Crippen molar-refractivity contribution in [2.24, 2.45) is 0 Å². The smallest absolute Gasteiger partial charge is 0.0832 e. The van der Waals surface area contributed by atoms with Gasteiger partial charge in [-0.1, -0.05) is 0 Å². The van der Waals surface area contributed by atoms with Gasteiger partial charge in [-0.05, 0) is 0 Å². The molecular weight excluding hydrogens is 151 g/mol. The van der Waals surface area contributed by atoms with Crippen LogP contribution in [0.2, 0.25) is 0 Å². The van der Waals surface area contributed by atoms with Gasteiger partial charge >= 0.3 is 0 Å². The number of halogens is 2. The molecule has 0 atom stereocenters. The summed E-state index contributed by atoms with van der Waals surface area (Å²) in [7, 11) is 0. The van der Waals surface area contributed by atoms with Crippen molar-refractivity contribution in [2.45, 2.75) is 0 Å². The quantitative estimate of drug-likeness (QED) is 0.466. The molecular formula is H2Cl2O2Ti. The van der Waals surface area contributed by atoms with E-state index in [4.69, 9.17) is 0 Å². The maximum absolute atomic E-state index is 4.26. The molecule has 0 aliphatic rings. The third-order valence-corrected chi connectivity index (χ3v) is 0. The molecule has 32 valence electrons. The molecule has 0 saturated carbocycles. The zero-order chi connectivity index (χ0) is 2.71. The first-order valence-electron chi connectivity index (χ1n) is 0.309. The monoisotopic (exact) mass is 152 g/mol. The molecule has 0 unspecified atom stereocenters. The van der Waals surface area contributed by atoms with Crippen LogP contribution in [-0.2, 0) is 25.6 Å². The summed E-state index contributed by atoms with van der Waals surface area (Å²) in [6.07, 6.45) is 0. The fourth-order valence-electron chi connectivity index (χ4n) is 0. The molecule has 0 bridgehead atoms. The van der Waals surface area contributed by atoms with E-state index < -0.39 is 0 Å².